The number of esters is 1. The van der Waals surface area contributed by atoms with E-state index in [1.807, 2.05) is 6.92 Å². The minimum absolute atomic E-state index is 0.0655. The third kappa shape index (κ3) is 2.94. The van der Waals surface area contributed by atoms with Gasteiger partial charge >= 0.3 is 5.97 Å². The number of benzene rings is 1. The standard InChI is InChI=1S/C11H13FO3/c1-3-6-15-11(13)9-5-4-8(14-2)7-10(9)12/h4-5,7H,3,6H2,1-2H3. The zero-order chi connectivity index (χ0) is 11.3. The second-order valence-electron chi connectivity index (χ2n) is 2.98. The van der Waals surface area contributed by atoms with Crippen LogP contribution in [0.3, 0.4) is 0 Å². The van der Waals surface area contributed by atoms with E-state index in [1.54, 1.807) is 0 Å². The Kier molecular flexibility index (Phi) is 4.09. The molecule has 0 aliphatic heterocycles. The second-order valence-corrected chi connectivity index (χ2v) is 2.98. The Morgan fingerprint density at radius 3 is 2.73 bits per heavy atom. The number of halogens is 1. The quantitative estimate of drug-likeness (QED) is 0.719. The van der Waals surface area contributed by atoms with Crippen LogP contribution in [0, 0.1) is 5.82 Å². The summed E-state index contributed by atoms with van der Waals surface area (Å²) in [6, 6.07) is 4.03. The number of carbonyl (C=O) groups excluding carboxylic acids is 1. The lowest BCUT2D eigenvalue weighted by molar-refractivity contribution is 0.0499. The summed E-state index contributed by atoms with van der Waals surface area (Å²) >= 11 is 0. The molecule has 0 aliphatic rings. The van der Waals surface area contributed by atoms with Gasteiger partial charge in [0, 0.05) is 6.07 Å². The van der Waals surface area contributed by atoms with Crippen LogP contribution >= 0.6 is 0 Å². The molecule has 82 valence electrons. The smallest absolute Gasteiger partial charge is 0.341 e. The molecule has 0 radical (unpaired) electrons. The molecular weight excluding hydrogens is 199 g/mol. The molecule has 0 saturated carbocycles. The molecule has 0 bridgehead atoms. The Morgan fingerprint density at radius 2 is 2.20 bits per heavy atom. The van der Waals surface area contributed by atoms with Crippen molar-refractivity contribution in [1.29, 1.82) is 0 Å². The van der Waals surface area contributed by atoms with Crippen LogP contribution in [0.5, 0.6) is 5.75 Å². The van der Waals surface area contributed by atoms with Gasteiger partial charge in [-0.25, -0.2) is 9.18 Å². The van der Waals surface area contributed by atoms with Crippen LogP contribution in [0.15, 0.2) is 18.2 Å². The highest BCUT2D eigenvalue weighted by Gasteiger charge is 2.13. The van der Waals surface area contributed by atoms with Gasteiger partial charge in [0.15, 0.2) is 0 Å². The second kappa shape index (κ2) is 5.34. The Labute approximate surface area is 87.8 Å². The topological polar surface area (TPSA) is 35.5 Å². The van der Waals surface area contributed by atoms with E-state index in [4.69, 9.17) is 9.47 Å². The van der Waals surface area contributed by atoms with Gasteiger partial charge in [-0.3, -0.25) is 0 Å². The highest BCUT2D eigenvalue weighted by atomic mass is 19.1. The molecule has 1 rings (SSSR count). The van der Waals surface area contributed by atoms with Crippen molar-refractivity contribution < 1.29 is 18.7 Å². The summed E-state index contributed by atoms with van der Waals surface area (Å²) in [5, 5.41) is 0. The number of hydrogen-bond acceptors (Lipinski definition) is 3. The van der Waals surface area contributed by atoms with Gasteiger partial charge in [0.1, 0.15) is 11.6 Å². The third-order valence-electron chi connectivity index (χ3n) is 1.83. The summed E-state index contributed by atoms with van der Waals surface area (Å²) in [5.41, 5.74) is -0.0655. The van der Waals surface area contributed by atoms with Crippen LogP contribution in [-0.2, 0) is 4.74 Å². The maximum atomic E-state index is 13.3. The minimum Gasteiger partial charge on any atom is -0.497 e. The molecule has 0 amide bonds. The van der Waals surface area contributed by atoms with Gasteiger partial charge in [-0.2, -0.15) is 0 Å². The summed E-state index contributed by atoms with van der Waals surface area (Å²) in [6.45, 7) is 2.17. The van der Waals surface area contributed by atoms with Crippen molar-refractivity contribution in [1.82, 2.24) is 0 Å². The Morgan fingerprint density at radius 1 is 1.47 bits per heavy atom. The van der Waals surface area contributed by atoms with Crippen molar-refractivity contribution in [3.63, 3.8) is 0 Å². The first kappa shape index (κ1) is 11.5. The van der Waals surface area contributed by atoms with Gasteiger partial charge < -0.3 is 9.47 Å². The molecule has 3 nitrogen and oxygen atoms in total. The van der Waals surface area contributed by atoms with E-state index in [9.17, 15) is 9.18 Å². The normalized spacial score (nSPS) is 9.80. The molecule has 0 N–H and O–H groups in total. The Bertz CT molecular complexity index is 350. The highest BCUT2D eigenvalue weighted by molar-refractivity contribution is 5.89. The van der Waals surface area contributed by atoms with Gasteiger partial charge in [-0.1, -0.05) is 6.92 Å². The van der Waals surface area contributed by atoms with Crippen LogP contribution in [0.4, 0.5) is 4.39 Å². The van der Waals surface area contributed by atoms with Gasteiger partial charge in [0.2, 0.25) is 0 Å². The summed E-state index contributed by atoms with van der Waals surface area (Å²) in [6.07, 6.45) is 0.712. The van der Waals surface area contributed by atoms with E-state index in [0.29, 0.717) is 18.8 Å². The average molecular weight is 212 g/mol. The maximum Gasteiger partial charge on any atom is 0.341 e. The van der Waals surface area contributed by atoms with Gasteiger partial charge in [0.25, 0.3) is 0 Å². The lowest BCUT2D eigenvalue weighted by atomic mass is 10.2. The molecule has 1 aromatic rings. The third-order valence-corrected chi connectivity index (χ3v) is 1.83. The van der Waals surface area contributed by atoms with Crippen LogP contribution in [0.2, 0.25) is 0 Å². The predicted molar refractivity (Wildman–Crippen MR) is 53.5 cm³/mol. The van der Waals surface area contributed by atoms with Crippen LogP contribution < -0.4 is 4.74 Å². The van der Waals surface area contributed by atoms with Gasteiger partial charge in [-0.15, -0.1) is 0 Å². The molecule has 0 atom stereocenters. The van der Waals surface area contributed by atoms with E-state index in [0.717, 1.165) is 6.07 Å². The molecule has 0 fully saturated rings. The SMILES string of the molecule is CCCOC(=O)c1ccc(OC)cc1F. The molecule has 0 aliphatic carbocycles. The molecule has 0 saturated heterocycles. The molecule has 0 aromatic heterocycles. The lowest BCUT2D eigenvalue weighted by Gasteiger charge is -2.05. The molecule has 4 heteroatoms. The van der Waals surface area contributed by atoms with E-state index in [1.165, 1.54) is 19.2 Å². The van der Waals surface area contributed by atoms with Crippen molar-refractivity contribution in [2.45, 2.75) is 13.3 Å². The minimum atomic E-state index is -0.642. The molecule has 15 heavy (non-hydrogen) atoms. The van der Waals surface area contributed by atoms with Crippen molar-refractivity contribution in [2.24, 2.45) is 0 Å². The van der Waals surface area contributed by atoms with Crippen LogP contribution in [0.25, 0.3) is 0 Å². The first-order valence-corrected chi connectivity index (χ1v) is 4.69. The number of ether oxygens (including phenoxy) is 2. The number of carbonyl (C=O) groups is 1. The first-order chi connectivity index (χ1) is 7.19. The first-order valence-electron chi connectivity index (χ1n) is 4.69. The van der Waals surface area contributed by atoms with E-state index in [-0.39, 0.29) is 5.56 Å². The molecule has 1 aromatic carbocycles. The van der Waals surface area contributed by atoms with Crippen LogP contribution in [0.1, 0.15) is 23.7 Å². The molecule has 0 unspecified atom stereocenters. The zero-order valence-electron chi connectivity index (χ0n) is 8.75. The van der Waals surface area contributed by atoms with Crippen molar-refractivity contribution in [3.8, 4) is 5.75 Å². The predicted octanol–water partition coefficient (Wildman–Crippen LogP) is 2.40. The summed E-state index contributed by atoms with van der Waals surface area (Å²) in [5.74, 6) is -0.896. The number of hydrogen-bond donors (Lipinski definition) is 0. The lowest BCUT2D eigenvalue weighted by Crippen LogP contribution is -2.08. The van der Waals surface area contributed by atoms with E-state index in [2.05, 4.69) is 0 Å². The molecule has 0 heterocycles. The summed E-state index contributed by atoms with van der Waals surface area (Å²) < 4.78 is 23.0. The monoisotopic (exact) mass is 212 g/mol. The number of rotatable bonds is 4. The van der Waals surface area contributed by atoms with Gasteiger partial charge in [0.05, 0.1) is 19.3 Å². The largest absolute Gasteiger partial charge is 0.497 e. The van der Waals surface area contributed by atoms with E-state index >= 15 is 0 Å². The van der Waals surface area contributed by atoms with Crippen LogP contribution in [-0.4, -0.2) is 19.7 Å². The van der Waals surface area contributed by atoms with Crippen molar-refractivity contribution in [2.75, 3.05) is 13.7 Å². The molecule has 0 spiro atoms. The highest BCUT2D eigenvalue weighted by Crippen LogP contribution is 2.16. The Balaban J connectivity index is 2.81. The van der Waals surface area contributed by atoms with Crippen molar-refractivity contribution >= 4 is 5.97 Å². The number of methoxy groups -OCH3 is 1. The fourth-order valence-electron chi connectivity index (χ4n) is 1.06. The fourth-order valence-corrected chi connectivity index (χ4v) is 1.06. The van der Waals surface area contributed by atoms with Crippen molar-refractivity contribution in [3.05, 3.63) is 29.6 Å². The average Bonchev–Trinajstić information content (AvgIpc) is 2.25. The van der Waals surface area contributed by atoms with E-state index < -0.39 is 11.8 Å². The van der Waals surface area contributed by atoms with Gasteiger partial charge in [-0.05, 0) is 18.6 Å². The zero-order valence-corrected chi connectivity index (χ0v) is 8.75. The Hall–Kier alpha value is -1.58. The summed E-state index contributed by atoms with van der Waals surface area (Å²) in [7, 11) is 1.43. The maximum absolute atomic E-state index is 13.3. The molecular formula is C11H13FO3. The summed E-state index contributed by atoms with van der Waals surface area (Å²) in [4.78, 5) is 11.3. The fraction of sp³-hybridized carbons (Fsp3) is 0.364.